The van der Waals surface area contributed by atoms with Crippen LogP contribution in [-0.4, -0.2) is 38.2 Å². The molecular formula is C7H11O7P. The van der Waals surface area contributed by atoms with Crippen molar-refractivity contribution in [2.24, 2.45) is 0 Å². The van der Waals surface area contributed by atoms with Gasteiger partial charge in [0.05, 0.1) is 12.2 Å². The quantitative estimate of drug-likeness (QED) is 0.494. The van der Waals surface area contributed by atoms with Gasteiger partial charge in [0.1, 0.15) is 0 Å². The van der Waals surface area contributed by atoms with Gasteiger partial charge in [0, 0.05) is 18.4 Å². The van der Waals surface area contributed by atoms with Gasteiger partial charge in [0.2, 0.25) is 0 Å². The van der Waals surface area contributed by atoms with Crippen LogP contribution in [0.3, 0.4) is 0 Å². The average Bonchev–Trinajstić information content (AvgIpc) is 1.99. The molecule has 2 unspecified atom stereocenters. The number of aliphatic hydroxyl groups excluding tert-OH is 1. The molecule has 0 heterocycles. The van der Waals surface area contributed by atoms with Crippen molar-refractivity contribution in [3.05, 3.63) is 11.6 Å². The monoisotopic (exact) mass is 238 g/mol. The second kappa shape index (κ2) is 4.42. The molecule has 0 saturated carbocycles. The number of hydrogen-bond acceptors (Lipinski definition) is 4. The summed E-state index contributed by atoms with van der Waals surface area (Å²) in [5.74, 6) is -1.23. The molecule has 0 aromatic heterocycles. The second-order valence-electron chi connectivity index (χ2n) is 3.23. The van der Waals surface area contributed by atoms with Gasteiger partial charge in [-0.05, 0) is 6.08 Å². The molecular weight excluding hydrogens is 227 g/mol. The van der Waals surface area contributed by atoms with Crippen LogP contribution in [0.2, 0.25) is 0 Å². The molecule has 0 amide bonds. The van der Waals surface area contributed by atoms with E-state index in [0.717, 1.165) is 6.08 Å². The number of carboxylic acid groups (broad SMARTS) is 1. The molecule has 1 rings (SSSR count). The molecule has 86 valence electrons. The molecule has 15 heavy (non-hydrogen) atoms. The number of phosphoric acid groups is 1. The summed E-state index contributed by atoms with van der Waals surface area (Å²) in [6, 6.07) is 0. The van der Waals surface area contributed by atoms with Gasteiger partial charge in [-0.25, -0.2) is 9.36 Å². The Morgan fingerprint density at radius 1 is 1.53 bits per heavy atom. The molecule has 0 aromatic carbocycles. The maximum Gasteiger partial charge on any atom is 0.470 e. The number of hydrogen-bond donors (Lipinski definition) is 4. The lowest BCUT2D eigenvalue weighted by Gasteiger charge is -2.23. The predicted molar refractivity (Wildman–Crippen MR) is 47.9 cm³/mol. The van der Waals surface area contributed by atoms with Crippen LogP contribution in [0.1, 0.15) is 12.8 Å². The predicted octanol–water partition coefficient (Wildman–Crippen LogP) is -0.370. The molecule has 7 nitrogen and oxygen atoms in total. The summed E-state index contributed by atoms with van der Waals surface area (Å²) in [6.45, 7) is 0. The van der Waals surface area contributed by atoms with Crippen molar-refractivity contribution in [2.45, 2.75) is 25.0 Å². The molecule has 0 saturated heterocycles. The molecule has 4 N–H and O–H groups in total. The van der Waals surface area contributed by atoms with Gasteiger partial charge in [-0.3, -0.25) is 4.52 Å². The van der Waals surface area contributed by atoms with E-state index < -0.39 is 26.0 Å². The van der Waals surface area contributed by atoms with Gasteiger partial charge in [0.25, 0.3) is 0 Å². The minimum atomic E-state index is -4.67. The molecule has 2 atom stereocenters. The molecule has 0 spiro atoms. The van der Waals surface area contributed by atoms with E-state index in [2.05, 4.69) is 4.52 Å². The van der Waals surface area contributed by atoms with Gasteiger partial charge >= 0.3 is 13.8 Å². The first kappa shape index (κ1) is 12.4. The number of carboxylic acids is 1. The second-order valence-corrected chi connectivity index (χ2v) is 4.42. The van der Waals surface area contributed by atoms with Gasteiger partial charge in [-0.2, -0.15) is 0 Å². The Bertz CT molecular complexity index is 330. The zero-order valence-corrected chi connectivity index (χ0v) is 8.50. The normalized spacial score (nSPS) is 27.3. The summed E-state index contributed by atoms with van der Waals surface area (Å²) in [4.78, 5) is 27.6. The number of carbonyl (C=O) groups is 1. The topological polar surface area (TPSA) is 124 Å². The number of aliphatic carboxylic acids is 1. The van der Waals surface area contributed by atoms with E-state index in [-0.39, 0.29) is 18.4 Å². The van der Waals surface area contributed by atoms with Crippen LogP contribution in [0.25, 0.3) is 0 Å². The van der Waals surface area contributed by atoms with E-state index in [1.165, 1.54) is 0 Å². The Labute approximate surface area is 85.2 Å². The summed E-state index contributed by atoms with van der Waals surface area (Å²) < 4.78 is 14.8. The lowest BCUT2D eigenvalue weighted by Crippen LogP contribution is -2.26. The van der Waals surface area contributed by atoms with Crippen molar-refractivity contribution in [2.75, 3.05) is 0 Å². The molecule has 1 aliphatic carbocycles. The highest BCUT2D eigenvalue weighted by atomic mass is 31.2. The Hall–Kier alpha value is -0.720. The van der Waals surface area contributed by atoms with Gasteiger partial charge in [-0.15, -0.1) is 0 Å². The highest BCUT2D eigenvalue weighted by Crippen LogP contribution is 2.40. The van der Waals surface area contributed by atoms with E-state index in [4.69, 9.17) is 14.9 Å². The van der Waals surface area contributed by atoms with Crippen molar-refractivity contribution < 1.29 is 33.9 Å². The van der Waals surface area contributed by atoms with Crippen molar-refractivity contribution in [1.29, 1.82) is 0 Å². The molecule has 0 aliphatic heterocycles. The van der Waals surface area contributed by atoms with Crippen molar-refractivity contribution in [1.82, 2.24) is 0 Å². The minimum Gasteiger partial charge on any atom is -0.478 e. The van der Waals surface area contributed by atoms with Crippen LogP contribution < -0.4 is 0 Å². The Morgan fingerprint density at radius 3 is 2.60 bits per heavy atom. The smallest absolute Gasteiger partial charge is 0.470 e. The third kappa shape index (κ3) is 4.11. The molecule has 8 heteroatoms. The zero-order chi connectivity index (χ0) is 11.6. The van der Waals surface area contributed by atoms with Gasteiger partial charge < -0.3 is 20.0 Å². The maximum absolute atomic E-state index is 10.6. The van der Waals surface area contributed by atoms with Crippen LogP contribution in [0.4, 0.5) is 0 Å². The fraction of sp³-hybridized carbons (Fsp3) is 0.571. The Balaban J connectivity index is 2.78. The largest absolute Gasteiger partial charge is 0.478 e. The van der Waals surface area contributed by atoms with Crippen molar-refractivity contribution in [3.8, 4) is 0 Å². The van der Waals surface area contributed by atoms with Crippen molar-refractivity contribution in [3.63, 3.8) is 0 Å². The first-order chi connectivity index (χ1) is 6.78. The summed E-state index contributed by atoms with van der Waals surface area (Å²) in [5, 5.41) is 17.9. The summed E-state index contributed by atoms with van der Waals surface area (Å²) in [7, 11) is -4.67. The average molecular weight is 238 g/mol. The molecule has 1 aliphatic rings. The maximum atomic E-state index is 10.6. The number of aliphatic hydroxyl groups is 1. The number of rotatable bonds is 3. The third-order valence-electron chi connectivity index (χ3n) is 1.89. The highest BCUT2D eigenvalue weighted by Gasteiger charge is 2.29. The van der Waals surface area contributed by atoms with E-state index >= 15 is 0 Å². The summed E-state index contributed by atoms with van der Waals surface area (Å²) >= 11 is 0. The minimum absolute atomic E-state index is 0.0259. The fourth-order valence-electron chi connectivity index (χ4n) is 1.37. The van der Waals surface area contributed by atoms with Gasteiger partial charge in [-0.1, -0.05) is 0 Å². The van der Waals surface area contributed by atoms with E-state index in [1.54, 1.807) is 0 Å². The van der Waals surface area contributed by atoms with E-state index in [0.29, 0.717) is 0 Å². The lowest BCUT2D eigenvalue weighted by molar-refractivity contribution is -0.133. The molecule has 0 aromatic rings. The fourth-order valence-corrected chi connectivity index (χ4v) is 1.87. The highest BCUT2D eigenvalue weighted by molar-refractivity contribution is 7.46. The van der Waals surface area contributed by atoms with Crippen LogP contribution in [0.15, 0.2) is 11.6 Å². The Kier molecular flexibility index (Phi) is 3.64. The summed E-state index contributed by atoms with van der Waals surface area (Å²) in [5.41, 5.74) is -0.104. The van der Waals surface area contributed by atoms with Crippen LogP contribution in [-0.2, 0) is 13.9 Å². The summed E-state index contributed by atoms with van der Waals surface area (Å²) in [6.07, 6.45) is -0.995. The standard InChI is InChI=1S/C7H11O7P/c8-5-1-4(7(9)10)2-6(3-5)14-15(11,12)13/h2,5-6,8H,1,3H2,(H,9,10)(H2,11,12,13). The van der Waals surface area contributed by atoms with Crippen LogP contribution in [0.5, 0.6) is 0 Å². The lowest BCUT2D eigenvalue weighted by atomic mass is 9.95. The number of phosphoric ester groups is 1. The SMILES string of the molecule is O=C(O)C1=CC(OP(=O)(O)O)CC(O)C1. The van der Waals surface area contributed by atoms with Crippen LogP contribution in [0, 0.1) is 0 Å². The van der Waals surface area contributed by atoms with Crippen molar-refractivity contribution >= 4 is 13.8 Å². The van der Waals surface area contributed by atoms with Crippen LogP contribution >= 0.6 is 7.82 Å². The first-order valence-corrected chi connectivity index (χ1v) is 5.67. The van der Waals surface area contributed by atoms with E-state index in [9.17, 15) is 14.5 Å². The molecule has 0 radical (unpaired) electrons. The molecule has 0 bridgehead atoms. The zero-order valence-electron chi connectivity index (χ0n) is 7.61. The van der Waals surface area contributed by atoms with Gasteiger partial charge in [0.15, 0.2) is 0 Å². The first-order valence-electron chi connectivity index (χ1n) is 4.14. The van der Waals surface area contributed by atoms with E-state index in [1.807, 2.05) is 0 Å². The Morgan fingerprint density at radius 2 is 2.13 bits per heavy atom. The molecule has 0 fully saturated rings. The third-order valence-corrected chi connectivity index (χ3v) is 2.44.